The molecule has 0 atom stereocenters. The Kier molecular flexibility index (Phi) is 5.50. The van der Waals surface area contributed by atoms with Crippen LogP contribution < -0.4 is 10.6 Å². The molecule has 0 aliphatic rings. The van der Waals surface area contributed by atoms with Crippen molar-refractivity contribution in [1.29, 1.82) is 0 Å². The molecule has 4 heteroatoms. The topological polar surface area (TPSA) is 41.1 Å². The summed E-state index contributed by atoms with van der Waals surface area (Å²) in [5.41, 5.74) is 4.91. The summed E-state index contributed by atoms with van der Waals surface area (Å²) < 4.78 is 0. The van der Waals surface area contributed by atoms with Crippen molar-refractivity contribution in [3.05, 3.63) is 64.7 Å². The van der Waals surface area contributed by atoms with E-state index >= 15 is 0 Å². The van der Waals surface area contributed by atoms with Crippen LogP contribution in [0.2, 0.25) is 0 Å². The molecule has 120 valence electrons. The van der Waals surface area contributed by atoms with Gasteiger partial charge in [-0.2, -0.15) is 0 Å². The summed E-state index contributed by atoms with van der Waals surface area (Å²) in [6, 6.07) is 13.6. The smallest absolute Gasteiger partial charge is 0.257 e. The van der Waals surface area contributed by atoms with E-state index in [-0.39, 0.29) is 5.91 Å². The van der Waals surface area contributed by atoms with Gasteiger partial charge in [0.1, 0.15) is 0 Å². The standard InChI is InChI=1S/C19H22N2OS/c1-12(2)15-8-10-16(11-9-15)18(22)21-19(23)20-17-13(3)6-5-7-14(17)4/h5-12H,1-4H3,(H2,20,21,22,23). The molecule has 0 bridgehead atoms. The molecule has 2 rings (SSSR count). The highest BCUT2D eigenvalue weighted by atomic mass is 32.1. The first-order chi connectivity index (χ1) is 10.9. The van der Waals surface area contributed by atoms with Crippen LogP contribution in [-0.2, 0) is 0 Å². The number of anilines is 1. The third kappa shape index (κ3) is 4.39. The van der Waals surface area contributed by atoms with Gasteiger partial charge in [0, 0.05) is 11.3 Å². The van der Waals surface area contributed by atoms with Gasteiger partial charge in [-0.3, -0.25) is 10.1 Å². The zero-order valence-electron chi connectivity index (χ0n) is 13.9. The van der Waals surface area contributed by atoms with E-state index in [1.54, 1.807) is 0 Å². The Morgan fingerprint density at radius 3 is 2.09 bits per heavy atom. The minimum atomic E-state index is -0.205. The largest absolute Gasteiger partial charge is 0.332 e. The van der Waals surface area contributed by atoms with Crippen LogP contribution in [0.1, 0.15) is 46.8 Å². The number of carbonyl (C=O) groups is 1. The van der Waals surface area contributed by atoms with Crippen LogP contribution in [0.3, 0.4) is 0 Å². The van der Waals surface area contributed by atoms with Gasteiger partial charge in [-0.15, -0.1) is 0 Å². The molecule has 0 heterocycles. The summed E-state index contributed by atoms with van der Waals surface area (Å²) in [7, 11) is 0. The number of aryl methyl sites for hydroxylation is 2. The Morgan fingerprint density at radius 1 is 1.00 bits per heavy atom. The van der Waals surface area contributed by atoms with Crippen molar-refractivity contribution >= 4 is 28.9 Å². The number of hydrogen-bond donors (Lipinski definition) is 2. The van der Waals surface area contributed by atoms with Crippen LogP contribution in [0.5, 0.6) is 0 Å². The molecular weight excluding hydrogens is 304 g/mol. The second-order valence-electron chi connectivity index (χ2n) is 5.95. The maximum absolute atomic E-state index is 12.3. The summed E-state index contributed by atoms with van der Waals surface area (Å²) in [4.78, 5) is 12.3. The molecule has 2 aromatic rings. The quantitative estimate of drug-likeness (QED) is 0.813. The number of benzene rings is 2. The van der Waals surface area contributed by atoms with Crippen molar-refractivity contribution in [2.45, 2.75) is 33.6 Å². The highest BCUT2D eigenvalue weighted by Gasteiger charge is 2.10. The van der Waals surface area contributed by atoms with Crippen molar-refractivity contribution in [2.24, 2.45) is 0 Å². The van der Waals surface area contributed by atoms with Gasteiger partial charge < -0.3 is 5.32 Å². The average molecular weight is 326 g/mol. The molecule has 1 amide bonds. The predicted octanol–water partition coefficient (Wildman–Crippen LogP) is 4.55. The Bertz CT molecular complexity index is 700. The Balaban J connectivity index is 2.03. The van der Waals surface area contributed by atoms with Gasteiger partial charge in [-0.05, 0) is 60.8 Å². The van der Waals surface area contributed by atoms with Crippen molar-refractivity contribution < 1.29 is 4.79 Å². The normalized spacial score (nSPS) is 10.5. The van der Waals surface area contributed by atoms with Crippen LogP contribution in [0.15, 0.2) is 42.5 Å². The van der Waals surface area contributed by atoms with Crippen LogP contribution in [0.25, 0.3) is 0 Å². The predicted molar refractivity (Wildman–Crippen MR) is 100 cm³/mol. The fourth-order valence-electron chi connectivity index (χ4n) is 2.35. The van der Waals surface area contributed by atoms with Gasteiger partial charge in [0.25, 0.3) is 5.91 Å². The number of thiocarbonyl (C=S) groups is 1. The molecule has 3 nitrogen and oxygen atoms in total. The lowest BCUT2D eigenvalue weighted by atomic mass is 10.0. The van der Waals surface area contributed by atoms with E-state index in [2.05, 4.69) is 24.5 Å². The fourth-order valence-corrected chi connectivity index (χ4v) is 2.55. The van der Waals surface area contributed by atoms with E-state index in [9.17, 15) is 4.79 Å². The second kappa shape index (κ2) is 7.38. The third-order valence-corrected chi connectivity index (χ3v) is 3.99. The maximum Gasteiger partial charge on any atom is 0.257 e. The number of para-hydroxylation sites is 1. The molecule has 0 fully saturated rings. The lowest BCUT2D eigenvalue weighted by molar-refractivity contribution is 0.0977. The summed E-state index contributed by atoms with van der Waals surface area (Å²) >= 11 is 5.26. The highest BCUT2D eigenvalue weighted by molar-refractivity contribution is 7.80. The molecule has 0 radical (unpaired) electrons. The van der Waals surface area contributed by atoms with E-state index in [0.29, 0.717) is 16.6 Å². The summed E-state index contributed by atoms with van der Waals surface area (Å²) in [6.07, 6.45) is 0. The highest BCUT2D eigenvalue weighted by Crippen LogP contribution is 2.19. The van der Waals surface area contributed by atoms with Crippen LogP contribution in [0, 0.1) is 13.8 Å². The molecule has 0 unspecified atom stereocenters. The summed E-state index contributed by atoms with van der Waals surface area (Å²) in [5.74, 6) is 0.239. The van der Waals surface area contributed by atoms with Crippen LogP contribution in [0.4, 0.5) is 5.69 Å². The number of hydrogen-bond acceptors (Lipinski definition) is 2. The van der Waals surface area contributed by atoms with Gasteiger partial charge in [0.15, 0.2) is 5.11 Å². The summed E-state index contributed by atoms with van der Waals surface area (Å²) in [6.45, 7) is 8.26. The minimum Gasteiger partial charge on any atom is -0.332 e. The van der Waals surface area contributed by atoms with Gasteiger partial charge in [0.2, 0.25) is 0 Å². The zero-order valence-corrected chi connectivity index (χ0v) is 14.8. The van der Waals surface area contributed by atoms with Crippen molar-refractivity contribution in [3.8, 4) is 0 Å². The number of rotatable bonds is 3. The van der Waals surface area contributed by atoms with Gasteiger partial charge in [0.05, 0.1) is 0 Å². The molecule has 0 saturated heterocycles. The first-order valence-electron chi connectivity index (χ1n) is 7.67. The molecule has 0 saturated carbocycles. The van der Waals surface area contributed by atoms with Gasteiger partial charge in [-0.1, -0.05) is 44.2 Å². The Labute approximate surface area is 143 Å². The Morgan fingerprint density at radius 2 is 1.57 bits per heavy atom. The SMILES string of the molecule is Cc1cccc(C)c1NC(=S)NC(=O)c1ccc(C(C)C)cc1. The van der Waals surface area contributed by atoms with E-state index < -0.39 is 0 Å². The minimum absolute atomic E-state index is 0.205. The first kappa shape index (κ1) is 17.2. The van der Waals surface area contributed by atoms with Crippen molar-refractivity contribution in [3.63, 3.8) is 0 Å². The molecular formula is C19H22N2OS. The molecule has 0 aliphatic carbocycles. The van der Waals surface area contributed by atoms with Crippen LogP contribution >= 0.6 is 12.2 Å². The lowest BCUT2D eigenvalue weighted by Crippen LogP contribution is -2.34. The monoisotopic (exact) mass is 326 g/mol. The average Bonchev–Trinajstić information content (AvgIpc) is 2.51. The molecule has 0 aliphatic heterocycles. The molecule has 0 spiro atoms. The zero-order chi connectivity index (χ0) is 17.0. The summed E-state index contributed by atoms with van der Waals surface area (Å²) in [5, 5.41) is 6.14. The van der Waals surface area contributed by atoms with E-state index in [0.717, 1.165) is 16.8 Å². The fraction of sp³-hybridized carbons (Fsp3) is 0.263. The number of nitrogens with one attached hydrogen (secondary N) is 2. The van der Waals surface area contributed by atoms with Gasteiger partial charge >= 0.3 is 0 Å². The molecule has 23 heavy (non-hydrogen) atoms. The second-order valence-corrected chi connectivity index (χ2v) is 6.36. The lowest BCUT2D eigenvalue weighted by Gasteiger charge is -2.14. The van der Waals surface area contributed by atoms with Crippen molar-refractivity contribution in [2.75, 3.05) is 5.32 Å². The van der Waals surface area contributed by atoms with Gasteiger partial charge in [-0.25, -0.2) is 0 Å². The number of carbonyl (C=O) groups excluding carboxylic acids is 1. The Hall–Kier alpha value is -2.20. The van der Waals surface area contributed by atoms with Crippen LogP contribution in [-0.4, -0.2) is 11.0 Å². The molecule has 2 N–H and O–H groups in total. The molecule has 2 aromatic carbocycles. The van der Waals surface area contributed by atoms with E-state index in [4.69, 9.17) is 12.2 Å². The van der Waals surface area contributed by atoms with E-state index in [1.807, 2.05) is 56.3 Å². The first-order valence-corrected chi connectivity index (χ1v) is 8.08. The molecule has 0 aromatic heterocycles. The van der Waals surface area contributed by atoms with Crippen molar-refractivity contribution in [1.82, 2.24) is 5.32 Å². The maximum atomic E-state index is 12.3. The third-order valence-electron chi connectivity index (χ3n) is 3.79. The van der Waals surface area contributed by atoms with E-state index in [1.165, 1.54) is 5.56 Å². The number of amides is 1.